The van der Waals surface area contributed by atoms with E-state index in [1.807, 2.05) is 5.38 Å². The third kappa shape index (κ3) is 4.63. The van der Waals surface area contributed by atoms with Gasteiger partial charge in [-0.2, -0.15) is 18.3 Å². The quantitative estimate of drug-likeness (QED) is 0.377. The summed E-state index contributed by atoms with van der Waals surface area (Å²) in [5, 5.41) is 12.0. The second kappa shape index (κ2) is 9.55. The molecular weight excluding hydrogens is 513 g/mol. The Kier molecular flexibility index (Phi) is 6.58. The normalized spacial score (nSPS) is 21.3. The molecule has 0 radical (unpaired) electrons. The lowest BCUT2D eigenvalue weighted by atomic mass is 9.88. The SMILES string of the molecule is CCOC(=O)c1c(NC(=O)c2cc3n(n2)[C@@H](C(F)(F)F)C[C@H](c2cccs2)N3)sc2c1CC[C@@H](C)C2. The molecule has 0 aromatic carbocycles. The van der Waals surface area contributed by atoms with Crippen LogP contribution in [-0.4, -0.2) is 34.4 Å². The number of amides is 1. The van der Waals surface area contributed by atoms with Crippen LogP contribution in [0.2, 0.25) is 0 Å². The van der Waals surface area contributed by atoms with Gasteiger partial charge in [-0.05, 0) is 49.1 Å². The van der Waals surface area contributed by atoms with Gasteiger partial charge in [0.15, 0.2) is 11.7 Å². The van der Waals surface area contributed by atoms with Crippen molar-refractivity contribution in [3.8, 4) is 0 Å². The Labute approximate surface area is 213 Å². The third-order valence-corrected chi connectivity index (χ3v) is 8.68. The van der Waals surface area contributed by atoms with Crippen LogP contribution in [0.1, 0.15) is 74.9 Å². The Morgan fingerprint density at radius 1 is 1.36 bits per heavy atom. The number of nitrogens with one attached hydrogen (secondary N) is 2. The summed E-state index contributed by atoms with van der Waals surface area (Å²) >= 11 is 2.69. The van der Waals surface area contributed by atoms with Crippen LogP contribution in [0.25, 0.3) is 0 Å². The highest BCUT2D eigenvalue weighted by molar-refractivity contribution is 7.17. The predicted molar refractivity (Wildman–Crippen MR) is 132 cm³/mol. The van der Waals surface area contributed by atoms with Gasteiger partial charge in [-0.1, -0.05) is 13.0 Å². The van der Waals surface area contributed by atoms with E-state index < -0.39 is 30.1 Å². The van der Waals surface area contributed by atoms with Gasteiger partial charge in [0.25, 0.3) is 5.91 Å². The predicted octanol–water partition coefficient (Wildman–Crippen LogP) is 6.22. The minimum absolute atomic E-state index is 0.122. The van der Waals surface area contributed by atoms with Crippen LogP contribution < -0.4 is 10.6 Å². The topological polar surface area (TPSA) is 85.2 Å². The average Bonchev–Trinajstić information content (AvgIpc) is 3.55. The van der Waals surface area contributed by atoms with Crippen molar-refractivity contribution in [1.29, 1.82) is 0 Å². The smallest absolute Gasteiger partial charge is 0.410 e. The van der Waals surface area contributed by atoms with Crippen LogP contribution in [0.15, 0.2) is 23.6 Å². The van der Waals surface area contributed by atoms with E-state index in [-0.39, 0.29) is 24.5 Å². The molecule has 12 heteroatoms. The zero-order valence-corrected chi connectivity index (χ0v) is 21.3. The second-order valence-electron chi connectivity index (χ2n) is 9.10. The van der Waals surface area contributed by atoms with E-state index in [1.54, 1.807) is 19.1 Å². The van der Waals surface area contributed by atoms with Crippen LogP contribution in [0.4, 0.5) is 24.0 Å². The number of ether oxygens (including phenoxy) is 1. The van der Waals surface area contributed by atoms with E-state index in [4.69, 9.17) is 4.74 Å². The fraction of sp³-hybridized carbons (Fsp3) is 0.458. The molecule has 0 saturated heterocycles. The fourth-order valence-electron chi connectivity index (χ4n) is 4.79. The zero-order chi connectivity index (χ0) is 25.6. The van der Waals surface area contributed by atoms with Gasteiger partial charge in [0.2, 0.25) is 0 Å². The number of thiophene rings is 2. The minimum atomic E-state index is -4.54. The van der Waals surface area contributed by atoms with Crippen molar-refractivity contribution in [1.82, 2.24) is 9.78 Å². The molecule has 4 heterocycles. The summed E-state index contributed by atoms with van der Waals surface area (Å²) in [6, 6.07) is 2.49. The molecular formula is C24H25F3N4O3S2. The number of rotatable bonds is 5. The molecule has 0 bridgehead atoms. The summed E-state index contributed by atoms with van der Waals surface area (Å²) in [5.74, 6) is -0.612. The van der Waals surface area contributed by atoms with E-state index >= 15 is 0 Å². The molecule has 0 spiro atoms. The molecule has 0 fully saturated rings. The van der Waals surface area contributed by atoms with Gasteiger partial charge < -0.3 is 15.4 Å². The van der Waals surface area contributed by atoms with Crippen molar-refractivity contribution in [2.75, 3.05) is 17.2 Å². The van der Waals surface area contributed by atoms with E-state index in [0.29, 0.717) is 22.9 Å². The summed E-state index contributed by atoms with van der Waals surface area (Å²) < 4.78 is 47.9. The number of halogens is 3. The Balaban J connectivity index is 1.46. The first-order valence-corrected chi connectivity index (χ1v) is 13.4. The number of alkyl halides is 3. The maximum atomic E-state index is 13.9. The van der Waals surface area contributed by atoms with E-state index in [1.165, 1.54) is 28.7 Å². The molecule has 3 aromatic heterocycles. The van der Waals surface area contributed by atoms with Gasteiger partial charge in [0, 0.05) is 22.2 Å². The summed E-state index contributed by atoms with van der Waals surface area (Å²) in [6.07, 6.45) is -2.35. The van der Waals surface area contributed by atoms with Crippen molar-refractivity contribution < 1.29 is 27.5 Å². The Morgan fingerprint density at radius 2 is 2.17 bits per heavy atom. The molecule has 192 valence electrons. The van der Waals surface area contributed by atoms with Gasteiger partial charge in [0.1, 0.15) is 10.8 Å². The molecule has 5 rings (SSSR count). The highest BCUT2D eigenvalue weighted by Crippen LogP contribution is 2.45. The van der Waals surface area contributed by atoms with Gasteiger partial charge in [-0.15, -0.1) is 22.7 Å². The first kappa shape index (κ1) is 24.8. The number of aromatic nitrogens is 2. The zero-order valence-electron chi connectivity index (χ0n) is 19.6. The highest BCUT2D eigenvalue weighted by atomic mass is 32.1. The number of hydrogen-bond acceptors (Lipinski definition) is 7. The number of hydrogen-bond donors (Lipinski definition) is 2. The summed E-state index contributed by atoms with van der Waals surface area (Å²) in [4.78, 5) is 27.7. The largest absolute Gasteiger partial charge is 0.462 e. The Bertz CT molecular complexity index is 1280. The van der Waals surface area contributed by atoms with Crippen molar-refractivity contribution in [3.05, 3.63) is 50.2 Å². The fourth-order valence-corrected chi connectivity index (χ4v) is 6.97. The molecule has 1 aliphatic heterocycles. The van der Waals surface area contributed by atoms with Gasteiger partial charge >= 0.3 is 12.1 Å². The number of esters is 1. The van der Waals surface area contributed by atoms with Gasteiger partial charge in [-0.3, -0.25) is 4.79 Å². The maximum Gasteiger partial charge on any atom is 0.410 e. The molecule has 0 saturated carbocycles. The molecule has 36 heavy (non-hydrogen) atoms. The number of carbonyl (C=O) groups excluding carboxylic acids is 2. The molecule has 2 aliphatic rings. The van der Waals surface area contributed by atoms with Crippen LogP contribution in [0, 0.1) is 5.92 Å². The molecule has 1 amide bonds. The Hall–Kier alpha value is -2.86. The first-order valence-electron chi connectivity index (χ1n) is 11.7. The minimum Gasteiger partial charge on any atom is -0.462 e. The summed E-state index contributed by atoms with van der Waals surface area (Å²) in [6.45, 7) is 4.03. The van der Waals surface area contributed by atoms with Crippen LogP contribution in [0.5, 0.6) is 0 Å². The molecule has 0 unspecified atom stereocenters. The monoisotopic (exact) mass is 538 g/mol. The number of fused-ring (bicyclic) bond motifs is 2. The number of anilines is 2. The van der Waals surface area contributed by atoms with Crippen LogP contribution in [0.3, 0.4) is 0 Å². The lowest BCUT2D eigenvalue weighted by molar-refractivity contribution is -0.173. The van der Waals surface area contributed by atoms with Gasteiger partial charge in [0.05, 0.1) is 18.2 Å². The molecule has 3 aromatic rings. The molecule has 2 N–H and O–H groups in total. The van der Waals surface area contributed by atoms with Crippen molar-refractivity contribution >= 4 is 45.4 Å². The standard InChI is InChI=1S/C24H25F3N4O3S2/c1-3-34-23(33)20-13-7-6-12(2)9-17(13)36-22(20)29-21(32)15-11-19-28-14(16-5-4-8-35-16)10-18(24(25,26)27)31(19)30-15/h4-5,8,11-12,14,18,28H,3,6-7,9-10H2,1-2H3,(H,29,32)/t12-,14-,18-/m1/s1. The molecule has 3 atom stereocenters. The van der Waals surface area contributed by atoms with Crippen molar-refractivity contribution in [2.45, 2.75) is 57.8 Å². The second-order valence-corrected chi connectivity index (χ2v) is 11.2. The van der Waals surface area contributed by atoms with Crippen molar-refractivity contribution in [2.24, 2.45) is 5.92 Å². The molecule has 7 nitrogen and oxygen atoms in total. The van der Waals surface area contributed by atoms with E-state index in [0.717, 1.165) is 32.8 Å². The van der Waals surface area contributed by atoms with E-state index in [9.17, 15) is 22.8 Å². The lowest BCUT2D eigenvalue weighted by Gasteiger charge is -2.32. The average molecular weight is 539 g/mol. The summed E-state index contributed by atoms with van der Waals surface area (Å²) in [7, 11) is 0. The summed E-state index contributed by atoms with van der Waals surface area (Å²) in [5.41, 5.74) is 1.06. The third-order valence-electron chi connectivity index (χ3n) is 6.53. The Morgan fingerprint density at radius 3 is 2.86 bits per heavy atom. The maximum absolute atomic E-state index is 13.9. The van der Waals surface area contributed by atoms with E-state index in [2.05, 4.69) is 22.7 Å². The lowest BCUT2D eigenvalue weighted by Crippen LogP contribution is -2.35. The highest BCUT2D eigenvalue weighted by Gasteiger charge is 2.47. The van der Waals surface area contributed by atoms with Crippen molar-refractivity contribution in [3.63, 3.8) is 0 Å². The number of carbonyl (C=O) groups is 2. The van der Waals surface area contributed by atoms with Crippen LogP contribution >= 0.6 is 22.7 Å². The molecule has 1 aliphatic carbocycles. The number of nitrogens with zero attached hydrogens (tertiary/aromatic N) is 2. The first-order chi connectivity index (χ1) is 17.2. The van der Waals surface area contributed by atoms with Gasteiger partial charge in [-0.25, -0.2) is 9.48 Å². The van der Waals surface area contributed by atoms with Crippen LogP contribution in [-0.2, 0) is 17.6 Å².